The number of anilines is 2. The molecule has 0 fully saturated rings. The van der Waals surface area contributed by atoms with Crippen LogP contribution in [0.3, 0.4) is 0 Å². The summed E-state index contributed by atoms with van der Waals surface area (Å²) in [5, 5.41) is 12.1. The van der Waals surface area contributed by atoms with Gasteiger partial charge in [-0.3, -0.25) is 0 Å². The maximum absolute atomic E-state index is 13.0. The molecule has 0 amide bonds. The zero-order valence-corrected chi connectivity index (χ0v) is 10.7. The molecule has 0 saturated heterocycles. The number of carboxylic acids is 1. The average molecular weight is 259 g/mol. The number of rotatable bonds is 3. The van der Waals surface area contributed by atoms with E-state index in [2.05, 4.69) is 5.32 Å². The van der Waals surface area contributed by atoms with Crippen molar-refractivity contribution in [3.05, 3.63) is 58.9 Å². The predicted octanol–water partition coefficient (Wildman–Crippen LogP) is 3.88. The van der Waals surface area contributed by atoms with Gasteiger partial charge in [0.05, 0.1) is 5.56 Å². The molecule has 0 saturated carbocycles. The topological polar surface area (TPSA) is 49.3 Å². The number of hydrogen-bond donors (Lipinski definition) is 2. The Morgan fingerprint density at radius 3 is 2.16 bits per heavy atom. The quantitative estimate of drug-likeness (QED) is 0.879. The molecule has 0 spiro atoms. The minimum Gasteiger partial charge on any atom is -0.478 e. The minimum atomic E-state index is -0.951. The molecule has 4 heteroatoms. The number of halogens is 1. The summed E-state index contributed by atoms with van der Waals surface area (Å²) in [6.07, 6.45) is 0. The molecule has 98 valence electrons. The summed E-state index contributed by atoms with van der Waals surface area (Å²) in [5.41, 5.74) is 3.47. The van der Waals surface area contributed by atoms with Gasteiger partial charge in [0.1, 0.15) is 5.82 Å². The van der Waals surface area contributed by atoms with Crippen molar-refractivity contribution in [1.29, 1.82) is 0 Å². The molecule has 0 heterocycles. The van der Waals surface area contributed by atoms with Gasteiger partial charge in [0, 0.05) is 11.4 Å². The van der Waals surface area contributed by atoms with E-state index in [1.807, 2.05) is 13.8 Å². The van der Waals surface area contributed by atoms with E-state index in [-0.39, 0.29) is 11.4 Å². The summed E-state index contributed by atoms with van der Waals surface area (Å²) in [5.74, 6) is -1.23. The Kier molecular flexibility index (Phi) is 3.51. The second kappa shape index (κ2) is 5.10. The molecular formula is C15H14FNO2. The normalized spacial score (nSPS) is 10.3. The van der Waals surface area contributed by atoms with E-state index in [1.54, 1.807) is 18.2 Å². The van der Waals surface area contributed by atoms with E-state index in [0.29, 0.717) is 0 Å². The average Bonchev–Trinajstić information content (AvgIpc) is 2.34. The number of carbonyl (C=O) groups is 1. The molecule has 19 heavy (non-hydrogen) atoms. The Hall–Kier alpha value is -2.36. The SMILES string of the molecule is Cc1cc(F)ccc1Nc1ccc(C(=O)O)cc1C. The van der Waals surface area contributed by atoms with Gasteiger partial charge in [-0.15, -0.1) is 0 Å². The zero-order valence-electron chi connectivity index (χ0n) is 10.7. The Bertz CT molecular complexity index is 638. The Labute approximate surface area is 110 Å². The molecule has 0 atom stereocenters. The molecule has 2 N–H and O–H groups in total. The van der Waals surface area contributed by atoms with Crippen molar-refractivity contribution in [1.82, 2.24) is 0 Å². The molecule has 0 radical (unpaired) electrons. The monoisotopic (exact) mass is 259 g/mol. The van der Waals surface area contributed by atoms with Gasteiger partial charge in [0.2, 0.25) is 0 Å². The smallest absolute Gasteiger partial charge is 0.335 e. The molecule has 0 unspecified atom stereocenters. The molecule has 0 bridgehead atoms. The predicted molar refractivity (Wildman–Crippen MR) is 72.6 cm³/mol. The number of nitrogens with one attached hydrogen (secondary N) is 1. The third-order valence-electron chi connectivity index (χ3n) is 2.93. The largest absolute Gasteiger partial charge is 0.478 e. The molecule has 2 aromatic carbocycles. The van der Waals surface area contributed by atoms with Crippen molar-refractivity contribution < 1.29 is 14.3 Å². The number of carboxylic acid groups (broad SMARTS) is 1. The summed E-state index contributed by atoms with van der Waals surface area (Å²) in [6, 6.07) is 9.34. The van der Waals surface area contributed by atoms with Crippen LogP contribution in [0, 0.1) is 19.7 Å². The second-order valence-corrected chi connectivity index (χ2v) is 4.42. The van der Waals surface area contributed by atoms with Crippen molar-refractivity contribution in [3.63, 3.8) is 0 Å². The van der Waals surface area contributed by atoms with Crippen molar-refractivity contribution in [2.45, 2.75) is 13.8 Å². The van der Waals surface area contributed by atoms with Crippen molar-refractivity contribution in [2.75, 3.05) is 5.32 Å². The maximum Gasteiger partial charge on any atom is 0.335 e. The van der Waals surface area contributed by atoms with Gasteiger partial charge < -0.3 is 10.4 Å². The number of aryl methyl sites for hydroxylation is 2. The first-order valence-corrected chi connectivity index (χ1v) is 5.84. The molecule has 0 aliphatic heterocycles. The third-order valence-corrected chi connectivity index (χ3v) is 2.93. The Balaban J connectivity index is 2.31. The van der Waals surface area contributed by atoms with Crippen molar-refractivity contribution in [3.8, 4) is 0 Å². The third kappa shape index (κ3) is 2.91. The number of aromatic carboxylic acids is 1. The van der Waals surface area contributed by atoms with Gasteiger partial charge >= 0.3 is 5.97 Å². The second-order valence-electron chi connectivity index (χ2n) is 4.42. The number of hydrogen-bond acceptors (Lipinski definition) is 2. The Morgan fingerprint density at radius 1 is 1.05 bits per heavy atom. The lowest BCUT2D eigenvalue weighted by Gasteiger charge is -2.12. The first-order valence-electron chi connectivity index (χ1n) is 5.84. The summed E-state index contributed by atoms with van der Waals surface area (Å²) in [7, 11) is 0. The maximum atomic E-state index is 13.0. The highest BCUT2D eigenvalue weighted by Crippen LogP contribution is 2.24. The highest BCUT2D eigenvalue weighted by molar-refractivity contribution is 5.88. The van der Waals surface area contributed by atoms with Crippen LogP contribution in [-0.4, -0.2) is 11.1 Å². The highest BCUT2D eigenvalue weighted by atomic mass is 19.1. The fourth-order valence-corrected chi connectivity index (χ4v) is 1.85. The van der Waals surface area contributed by atoms with E-state index in [0.717, 1.165) is 22.5 Å². The van der Waals surface area contributed by atoms with Gasteiger partial charge in [0.25, 0.3) is 0 Å². The van der Waals surface area contributed by atoms with Gasteiger partial charge in [-0.25, -0.2) is 9.18 Å². The lowest BCUT2D eigenvalue weighted by Crippen LogP contribution is -2.00. The molecule has 0 aliphatic carbocycles. The highest BCUT2D eigenvalue weighted by Gasteiger charge is 2.07. The molecular weight excluding hydrogens is 245 g/mol. The molecule has 0 aromatic heterocycles. The molecule has 3 nitrogen and oxygen atoms in total. The standard InChI is InChI=1S/C15H14FNO2/c1-9-7-11(15(18)19)3-5-13(9)17-14-6-4-12(16)8-10(14)2/h3-8,17H,1-2H3,(H,18,19). The molecule has 2 aromatic rings. The molecule has 0 aliphatic rings. The van der Waals surface area contributed by atoms with Gasteiger partial charge in [-0.2, -0.15) is 0 Å². The zero-order chi connectivity index (χ0) is 14.0. The van der Waals surface area contributed by atoms with Crippen LogP contribution in [0.4, 0.5) is 15.8 Å². The Morgan fingerprint density at radius 2 is 1.63 bits per heavy atom. The van der Waals surface area contributed by atoms with E-state index in [4.69, 9.17) is 5.11 Å². The first-order chi connectivity index (χ1) is 8.97. The summed E-state index contributed by atoms with van der Waals surface area (Å²) in [6.45, 7) is 3.64. The first kappa shape index (κ1) is 13.1. The van der Waals surface area contributed by atoms with Gasteiger partial charge in [-0.05, 0) is 61.4 Å². The molecule has 2 rings (SSSR count). The van der Waals surface area contributed by atoms with Crippen LogP contribution in [0.5, 0.6) is 0 Å². The van der Waals surface area contributed by atoms with Crippen molar-refractivity contribution >= 4 is 17.3 Å². The van der Waals surface area contributed by atoms with E-state index < -0.39 is 5.97 Å². The van der Waals surface area contributed by atoms with Gasteiger partial charge in [-0.1, -0.05) is 0 Å². The minimum absolute atomic E-state index is 0.249. The fourth-order valence-electron chi connectivity index (χ4n) is 1.85. The fraction of sp³-hybridized carbons (Fsp3) is 0.133. The summed E-state index contributed by atoms with van der Waals surface area (Å²) in [4.78, 5) is 10.9. The van der Waals surface area contributed by atoms with Crippen LogP contribution in [-0.2, 0) is 0 Å². The van der Waals surface area contributed by atoms with Gasteiger partial charge in [0.15, 0.2) is 0 Å². The van der Waals surface area contributed by atoms with Crippen LogP contribution < -0.4 is 5.32 Å². The van der Waals surface area contributed by atoms with E-state index >= 15 is 0 Å². The van der Waals surface area contributed by atoms with Crippen LogP contribution in [0.15, 0.2) is 36.4 Å². The van der Waals surface area contributed by atoms with E-state index in [9.17, 15) is 9.18 Å². The van der Waals surface area contributed by atoms with Crippen LogP contribution >= 0.6 is 0 Å². The van der Waals surface area contributed by atoms with Crippen LogP contribution in [0.25, 0.3) is 0 Å². The van der Waals surface area contributed by atoms with Crippen molar-refractivity contribution in [2.24, 2.45) is 0 Å². The van der Waals surface area contributed by atoms with Crippen LogP contribution in [0.1, 0.15) is 21.5 Å². The van der Waals surface area contributed by atoms with Crippen LogP contribution in [0.2, 0.25) is 0 Å². The lowest BCUT2D eigenvalue weighted by molar-refractivity contribution is 0.0697. The van der Waals surface area contributed by atoms with E-state index in [1.165, 1.54) is 18.2 Å². The lowest BCUT2D eigenvalue weighted by atomic mass is 10.1. The summed E-state index contributed by atoms with van der Waals surface area (Å²) < 4.78 is 13.0. The summed E-state index contributed by atoms with van der Waals surface area (Å²) >= 11 is 0. The number of benzene rings is 2.